The third-order valence-corrected chi connectivity index (χ3v) is 4.97. The van der Waals surface area contributed by atoms with Crippen LogP contribution in [0.3, 0.4) is 0 Å². The van der Waals surface area contributed by atoms with Gasteiger partial charge in [0.2, 0.25) is 5.95 Å². The van der Waals surface area contributed by atoms with Gasteiger partial charge in [-0.15, -0.1) is 0 Å². The maximum absolute atomic E-state index is 12.7. The monoisotopic (exact) mass is 448 g/mol. The van der Waals surface area contributed by atoms with Gasteiger partial charge in [0, 0.05) is 0 Å². The molecule has 2 aromatic heterocycles. The Kier molecular flexibility index (Phi) is 4.72. The van der Waals surface area contributed by atoms with E-state index in [9.17, 15) is 9.59 Å². The van der Waals surface area contributed by atoms with Gasteiger partial charge in [0.1, 0.15) is 11.5 Å². The first-order valence-electron chi connectivity index (χ1n) is 9.32. The van der Waals surface area contributed by atoms with Gasteiger partial charge in [-0.2, -0.15) is 5.10 Å². The lowest BCUT2D eigenvalue weighted by Crippen LogP contribution is -2.14. The van der Waals surface area contributed by atoms with Crippen molar-refractivity contribution in [2.75, 3.05) is 0 Å². The molecule has 0 aliphatic rings. The molecule has 158 valence electrons. The number of carbonyl (C=O) groups is 1. The second-order valence-corrected chi connectivity index (χ2v) is 7.20. The molecule has 0 atom stereocenters. The lowest BCUT2D eigenvalue weighted by molar-refractivity contribution is 0.144. The van der Waals surface area contributed by atoms with Gasteiger partial charge in [-0.1, -0.05) is 41.9 Å². The molecule has 32 heavy (non-hydrogen) atoms. The zero-order valence-electron chi connectivity index (χ0n) is 16.2. The van der Waals surface area contributed by atoms with Crippen LogP contribution in [-0.4, -0.2) is 31.0 Å². The van der Waals surface area contributed by atoms with E-state index >= 15 is 0 Å². The summed E-state index contributed by atoms with van der Waals surface area (Å²) in [4.78, 5) is 30.3. The van der Waals surface area contributed by atoms with Crippen molar-refractivity contribution < 1.29 is 19.4 Å². The Morgan fingerprint density at radius 2 is 1.88 bits per heavy atom. The van der Waals surface area contributed by atoms with Gasteiger partial charge in [-0.05, 0) is 35.0 Å². The highest BCUT2D eigenvalue weighted by Crippen LogP contribution is 2.33. The zero-order valence-corrected chi connectivity index (χ0v) is 16.9. The van der Waals surface area contributed by atoms with Crippen LogP contribution in [0.1, 0.15) is 0 Å². The summed E-state index contributed by atoms with van der Waals surface area (Å²) in [6.07, 6.45) is 0.985. The predicted octanol–water partition coefficient (Wildman–Crippen LogP) is 4.76. The van der Waals surface area contributed by atoms with Gasteiger partial charge in [0.25, 0.3) is 5.56 Å². The van der Waals surface area contributed by atoms with E-state index in [0.29, 0.717) is 17.0 Å². The van der Waals surface area contributed by atoms with Crippen molar-refractivity contribution in [2.24, 2.45) is 0 Å². The average molecular weight is 449 g/mol. The van der Waals surface area contributed by atoms with Crippen molar-refractivity contribution in [3.63, 3.8) is 0 Å². The molecule has 0 aliphatic carbocycles. The number of benzene rings is 3. The number of aromatic amines is 1. The van der Waals surface area contributed by atoms with Gasteiger partial charge >= 0.3 is 6.16 Å². The second-order valence-electron chi connectivity index (χ2n) is 6.79. The Morgan fingerprint density at radius 1 is 1.06 bits per heavy atom. The smallest absolute Gasteiger partial charge is 0.456 e. The van der Waals surface area contributed by atoms with Crippen LogP contribution in [0.5, 0.6) is 17.2 Å². The number of ether oxygens (including phenoxy) is 2. The molecule has 0 amide bonds. The largest absolute Gasteiger partial charge is 0.511 e. The number of hydrogen-bond donors (Lipinski definition) is 2. The average Bonchev–Trinajstić information content (AvgIpc) is 3.22. The van der Waals surface area contributed by atoms with Crippen LogP contribution in [0.2, 0.25) is 5.02 Å². The number of H-pyrrole nitrogens is 1. The summed E-state index contributed by atoms with van der Waals surface area (Å²) in [6.45, 7) is 0. The minimum absolute atomic E-state index is 0.0163. The third-order valence-electron chi connectivity index (χ3n) is 4.68. The number of carboxylic acid groups (broad SMARTS) is 1. The van der Waals surface area contributed by atoms with Crippen molar-refractivity contribution in [3.8, 4) is 23.2 Å². The number of nitrogens with one attached hydrogen (secondary N) is 1. The zero-order chi connectivity index (χ0) is 22.2. The van der Waals surface area contributed by atoms with Gasteiger partial charge in [0.05, 0.1) is 28.3 Å². The molecule has 9 nitrogen and oxygen atoms in total. The molecule has 2 N–H and O–H groups in total. The summed E-state index contributed by atoms with van der Waals surface area (Å²) in [5.74, 6) is 0.943. The normalized spacial score (nSPS) is 11.0. The molecule has 10 heteroatoms. The maximum Gasteiger partial charge on any atom is 0.511 e. The molecule has 0 radical (unpaired) electrons. The van der Waals surface area contributed by atoms with E-state index in [0.717, 1.165) is 10.8 Å². The lowest BCUT2D eigenvalue weighted by atomic mass is 10.1. The fraction of sp³-hybridized carbons (Fsp3) is 0. The van der Waals surface area contributed by atoms with Crippen LogP contribution in [0.25, 0.3) is 27.6 Å². The second kappa shape index (κ2) is 7.71. The van der Waals surface area contributed by atoms with Gasteiger partial charge in [0.15, 0.2) is 5.75 Å². The van der Waals surface area contributed by atoms with Crippen LogP contribution in [0, 0.1) is 0 Å². The first kappa shape index (κ1) is 19.6. The van der Waals surface area contributed by atoms with Crippen LogP contribution >= 0.6 is 11.6 Å². The van der Waals surface area contributed by atoms with E-state index in [1.165, 1.54) is 29.2 Å². The Bertz CT molecular complexity index is 1560. The molecule has 0 unspecified atom stereocenters. The van der Waals surface area contributed by atoms with E-state index in [1.54, 1.807) is 0 Å². The Hall–Kier alpha value is -4.37. The number of nitrogens with zero attached hydrogens (tertiary/aromatic N) is 3. The molecule has 0 saturated carbocycles. The number of hydrogen-bond acceptors (Lipinski definition) is 6. The van der Waals surface area contributed by atoms with Gasteiger partial charge < -0.3 is 14.6 Å². The van der Waals surface area contributed by atoms with Gasteiger partial charge in [-0.3, -0.25) is 9.78 Å². The summed E-state index contributed by atoms with van der Waals surface area (Å²) in [5.41, 5.74) is -0.128. The molecular formula is C22H13ClN4O5. The van der Waals surface area contributed by atoms with Crippen LogP contribution in [-0.2, 0) is 0 Å². The predicted molar refractivity (Wildman–Crippen MR) is 117 cm³/mol. The summed E-state index contributed by atoms with van der Waals surface area (Å²) in [6, 6.07) is 16.6. The number of halogens is 1. The maximum atomic E-state index is 12.7. The molecule has 3 aromatic carbocycles. The van der Waals surface area contributed by atoms with E-state index in [-0.39, 0.29) is 22.1 Å². The molecule has 0 bridgehead atoms. The summed E-state index contributed by atoms with van der Waals surface area (Å²) >= 11 is 6.40. The fourth-order valence-electron chi connectivity index (χ4n) is 3.25. The van der Waals surface area contributed by atoms with E-state index in [1.807, 2.05) is 42.5 Å². The number of aromatic nitrogens is 4. The van der Waals surface area contributed by atoms with Crippen molar-refractivity contribution >= 4 is 39.4 Å². The van der Waals surface area contributed by atoms with E-state index in [4.69, 9.17) is 21.4 Å². The molecule has 5 rings (SSSR count). The molecule has 5 aromatic rings. The number of fused-ring (bicyclic) bond motifs is 2. The summed E-state index contributed by atoms with van der Waals surface area (Å²) in [5, 5.41) is 15.3. The first-order chi connectivity index (χ1) is 15.5. The molecule has 2 heterocycles. The summed E-state index contributed by atoms with van der Waals surface area (Å²) < 4.78 is 11.6. The van der Waals surface area contributed by atoms with Gasteiger partial charge in [-0.25, -0.2) is 14.5 Å². The van der Waals surface area contributed by atoms with Crippen LogP contribution < -0.4 is 15.0 Å². The van der Waals surface area contributed by atoms with Crippen molar-refractivity contribution in [2.45, 2.75) is 0 Å². The van der Waals surface area contributed by atoms with Crippen LogP contribution in [0.15, 0.2) is 71.8 Å². The Morgan fingerprint density at radius 3 is 2.69 bits per heavy atom. The van der Waals surface area contributed by atoms with Crippen LogP contribution in [0.4, 0.5) is 4.79 Å². The van der Waals surface area contributed by atoms with E-state index < -0.39 is 11.7 Å². The number of rotatable bonds is 4. The standard InChI is InChI=1S/C22H13ClN4O5/c23-17-9-18-16(8-19(17)31-14-6-5-12-3-1-2-4-13(12)7-14)20(28)26-21(25-18)27-11-15(10-24-27)32-22(29)30/h1-11H,(H,29,30)(H,25,26,28). The van der Waals surface area contributed by atoms with Crippen molar-refractivity contribution in [3.05, 3.63) is 82.4 Å². The SMILES string of the molecule is O=C(O)Oc1cnn(-c2nc3cc(Cl)c(Oc4ccc5ccccc5c4)cc3c(=O)[nH]2)c1. The lowest BCUT2D eigenvalue weighted by Gasteiger charge is -2.10. The topological polar surface area (TPSA) is 119 Å². The fourth-order valence-corrected chi connectivity index (χ4v) is 3.44. The highest BCUT2D eigenvalue weighted by Gasteiger charge is 2.13. The molecule has 0 aliphatic heterocycles. The van der Waals surface area contributed by atoms with E-state index in [2.05, 4.69) is 19.8 Å². The Labute approximate surface area is 184 Å². The minimum atomic E-state index is -1.48. The molecular weight excluding hydrogens is 436 g/mol. The highest BCUT2D eigenvalue weighted by molar-refractivity contribution is 6.32. The third kappa shape index (κ3) is 3.72. The van der Waals surface area contributed by atoms with Crippen molar-refractivity contribution in [1.29, 1.82) is 0 Å². The summed E-state index contributed by atoms with van der Waals surface area (Å²) in [7, 11) is 0. The minimum Gasteiger partial charge on any atom is -0.456 e. The quantitative estimate of drug-likeness (QED) is 0.380. The Balaban J connectivity index is 1.51. The first-order valence-corrected chi connectivity index (χ1v) is 9.70. The highest BCUT2D eigenvalue weighted by atomic mass is 35.5. The molecule has 0 saturated heterocycles. The molecule has 0 spiro atoms. The van der Waals surface area contributed by atoms with Crippen molar-refractivity contribution in [1.82, 2.24) is 19.7 Å². The molecule has 0 fully saturated rings.